The summed E-state index contributed by atoms with van der Waals surface area (Å²) in [5.74, 6) is -10.2. The van der Waals surface area contributed by atoms with Crippen LogP contribution < -0.4 is 11.1 Å². The highest BCUT2D eigenvalue weighted by molar-refractivity contribution is 7.79. The molecule has 0 aromatic heterocycles. The summed E-state index contributed by atoms with van der Waals surface area (Å²) >= 11 is 0. The number of benzene rings is 1. The van der Waals surface area contributed by atoms with Crippen molar-refractivity contribution in [1.82, 2.24) is 9.80 Å². The van der Waals surface area contributed by atoms with E-state index < -0.39 is 97.7 Å². The standard InChI is InChI=1S/C26H32N4O9.H2O4S/c1-9-10-6-7-11(28-12(31)8-29(2)3)19(32)14(10)20(33)15-13(9)21(34)17-18(30(4)5)22(35)16(25(27)38)24(37)26(17,39)23(15)36;1-5(2,3)4/h6-7,9,13,17-18,21,32-34,37,39H,8H2,1-5H3,(H2,27,38)(H,28,31);(H2,1,2,3,4)/t9?,13?,17?,18-,21?,26-;/m0./s1. The van der Waals surface area contributed by atoms with Gasteiger partial charge in [-0.1, -0.05) is 13.0 Å². The van der Waals surface area contributed by atoms with E-state index in [9.17, 15) is 44.7 Å². The number of hydrogen-bond donors (Lipinski definition) is 9. The lowest BCUT2D eigenvalue weighted by Gasteiger charge is -2.53. The van der Waals surface area contributed by atoms with E-state index in [0.29, 0.717) is 5.56 Å². The average Bonchev–Trinajstić information content (AvgIpc) is 2.85. The van der Waals surface area contributed by atoms with Crippen LogP contribution in [-0.2, 0) is 29.6 Å². The maximum atomic E-state index is 14.0. The maximum Gasteiger partial charge on any atom is 0.394 e. The Morgan fingerprint density at radius 3 is 2.09 bits per heavy atom. The maximum absolute atomic E-state index is 14.0. The van der Waals surface area contributed by atoms with Gasteiger partial charge in [0.05, 0.1) is 35.9 Å². The number of rotatable bonds is 5. The van der Waals surface area contributed by atoms with Gasteiger partial charge in [0.15, 0.2) is 11.4 Å². The molecule has 3 aliphatic rings. The zero-order valence-corrected chi connectivity index (χ0v) is 25.0. The summed E-state index contributed by atoms with van der Waals surface area (Å²) in [7, 11) is 1.56. The van der Waals surface area contributed by atoms with Gasteiger partial charge in [-0.05, 0) is 45.7 Å². The van der Waals surface area contributed by atoms with E-state index in [4.69, 9.17) is 23.3 Å². The molecule has 1 aromatic carbocycles. The number of nitrogens with two attached hydrogens (primary N) is 1. The highest BCUT2D eigenvalue weighted by Crippen LogP contribution is 2.56. The third kappa shape index (κ3) is 5.80. The Kier molecular flexibility index (Phi) is 9.34. The van der Waals surface area contributed by atoms with E-state index in [2.05, 4.69) is 5.32 Å². The SMILES string of the molecule is CC1c2ccc(NC(=O)CN(C)C)c(O)c2C(O)=C2C(=O)[C@]3(O)C(O)=C(C(N)=O)C(=O)[C@@H](N(C)C)C3C(O)C21.O=S(=O)(O)O. The lowest BCUT2D eigenvalue weighted by molar-refractivity contribution is -0.169. The Hall–Kier alpha value is -3.91. The van der Waals surface area contributed by atoms with Gasteiger partial charge in [-0.25, -0.2) is 0 Å². The number of Topliss-reactive ketones (excluding diaryl/α,β-unsaturated/α-hetero) is 2. The second kappa shape index (κ2) is 11.9. The van der Waals surface area contributed by atoms with Gasteiger partial charge in [-0.15, -0.1) is 0 Å². The lowest BCUT2D eigenvalue weighted by atomic mass is 9.54. The van der Waals surface area contributed by atoms with Crippen molar-refractivity contribution in [2.75, 3.05) is 40.1 Å². The summed E-state index contributed by atoms with van der Waals surface area (Å²) in [6, 6.07) is 1.52. The minimum Gasteiger partial charge on any atom is -0.508 e. The molecule has 0 heterocycles. The van der Waals surface area contributed by atoms with Crippen molar-refractivity contribution in [3.8, 4) is 5.75 Å². The Morgan fingerprint density at radius 2 is 1.61 bits per heavy atom. The van der Waals surface area contributed by atoms with Gasteiger partial charge in [0.1, 0.15) is 22.8 Å². The highest BCUT2D eigenvalue weighted by atomic mass is 32.3. The van der Waals surface area contributed by atoms with E-state index in [1.807, 2.05) is 0 Å². The molecule has 4 unspecified atom stereocenters. The van der Waals surface area contributed by atoms with E-state index in [1.165, 1.54) is 31.1 Å². The van der Waals surface area contributed by atoms with Gasteiger partial charge in [0, 0.05) is 11.5 Å². The molecule has 1 fully saturated rings. The molecule has 2 amide bonds. The van der Waals surface area contributed by atoms with Crippen LogP contribution in [0, 0.1) is 11.8 Å². The van der Waals surface area contributed by atoms with Gasteiger partial charge in [0.2, 0.25) is 11.7 Å². The monoisotopic (exact) mass is 642 g/mol. The van der Waals surface area contributed by atoms with Crippen molar-refractivity contribution < 1.29 is 62.2 Å². The summed E-state index contributed by atoms with van der Waals surface area (Å²) in [5, 5.41) is 59.1. The molecule has 1 aromatic rings. The molecule has 0 saturated heterocycles. The molecule has 1 saturated carbocycles. The lowest BCUT2D eigenvalue weighted by Crippen LogP contribution is -2.70. The molecular weight excluding hydrogens is 608 g/mol. The number of likely N-dealkylation sites (N-methyl/N-ethyl adjacent to an activating group) is 2. The van der Waals surface area contributed by atoms with Gasteiger partial charge < -0.3 is 41.5 Å². The first-order valence-electron chi connectivity index (χ1n) is 12.9. The topological polar surface area (TPSA) is 289 Å². The molecule has 0 spiro atoms. The van der Waals surface area contributed by atoms with E-state index >= 15 is 0 Å². The third-order valence-corrected chi connectivity index (χ3v) is 7.86. The molecule has 4 rings (SSSR count). The first-order valence-corrected chi connectivity index (χ1v) is 14.3. The first kappa shape index (κ1) is 34.6. The normalized spacial score (nSPS) is 28.2. The van der Waals surface area contributed by atoms with Crippen LogP contribution in [0.2, 0.25) is 0 Å². The van der Waals surface area contributed by atoms with Crippen molar-refractivity contribution in [3.63, 3.8) is 0 Å². The number of hydrogen-bond acceptors (Lipinski definition) is 13. The summed E-state index contributed by atoms with van der Waals surface area (Å²) in [4.78, 5) is 54.4. The van der Waals surface area contributed by atoms with Crippen molar-refractivity contribution in [2.24, 2.45) is 17.6 Å². The molecule has 44 heavy (non-hydrogen) atoms. The number of phenols is 1. The molecule has 0 aliphatic heterocycles. The number of aliphatic hydroxyl groups is 4. The van der Waals surface area contributed by atoms with Crippen LogP contribution in [0.4, 0.5) is 5.69 Å². The van der Waals surface area contributed by atoms with Crippen LogP contribution in [0.5, 0.6) is 5.75 Å². The fraction of sp³-hybridized carbons (Fsp3) is 0.462. The number of nitrogens with zero attached hydrogens (tertiary/aromatic N) is 2. The van der Waals surface area contributed by atoms with E-state index in [1.54, 1.807) is 25.9 Å². The Labute approximate surface area is 251 Å². The summed E-state index contributed by atoms with van der Waals surface area (Å²) in [6.07, 6.45) is -1.68. The number of ketones is 2. The summed E-state index contributed by atoms with van der Waals surface area (Å²) in [6.45, 7) is 1.63. The minimum atomic E-state index is -4.67. The fourth-order valence-corrected chi connectivity index (χ4v) is 6.19. The van der Waals surface area contributed by atoms with Crippen LogP contribution in [0.3, 0.4) is 0 Å². The second-order valence-corrected chi connectivity index (χ2v) is 12.1. The van der Waals surface area contributed by atoms with Gasteiger partial charge in [0.25, 0.3) is 5.91 Å². The Bertz CT molecular complexity index is 1590. The van der Waals surface area contributed by atoms with E-state index in [0.717, 1.165) is 0 Å². The van der Waals surface area contributed by atoms with Gasteiger partial charge in [-0.3, -0.25) is 33.2 Å². The number of phenolic OH excluding ortho intramolecular Hbond substituents is 1. The molecule has 3 aliphatic carbocycles. The molecule has 242 valence electrons. The average molecular weight is 643 g/mol. The Morgan fingerprint density at radius 1 is 1.07 bits per heavy atom. The Balaban J connectivity index is 0.000000978. The van der Waals surface area contributed by atoms with Crippen molar-refractivity contribution in [3.05, 3.63) is 40.2 Å². The van der Waals surface area contributed by atoms with Gasteiger partial charge in [-0.2, -0.15) is 8.42 Å². The van der Waals surface area contributed by atoms with Crippen molar-refractivity contribution in [1.29, 1.82) is 0 Å². The van der Waals surface area contributed by atoms with E-state index in [-0.39, 0.29) is 17.8 Å². The summed E-state index contributed by atoms with van der Waals surface area (Å²) in [5.41, 5.74) is 0.921. The zero-order valence-electron chi connectivity index (χ0n) is 24.2. The van der Waals surface area contributed by atoms with Gasteiger partial charge >= 0.3 is 10.4 Å². The number of primary amides is 1. The minimum absolute atomic E-state index is 0.000736. The molecule has 17 nitrogen and oxygen atoms in total. The van der Waals surface area contributed by atoms with Crippen molar-refractivity contribution >= 4 is 45.2 Å². The molecule has 10 N–H and O–H groups in total. The van der Waals surface area contributed by atoms with Crippen LogP contribution >= 0.6 is 0 Å². The van der Waals surface area contributed by atoms with Crippen molar-refractivity contribution in [2.45, 2.75) is 30.6 Å². The number of fused-ring (bicyclic) bond motifs is 3. The zero-order chi connectivity index (χ0) is 33.8. The number of carbonyl (C=O) groups excluding carboxylic acids is 4. The predicted octanol–water partition coefficient (Wildman–Crippen LogP) is -1.66. The number of amides is 2. The first-order chi connectivity index (χ1) is 20.1. The quantitative estimate of drug-likeness (QED) is 0.0987. The van der Waals surface area contributed by atoms with Crippen LogP contribution in [0.15, 0.2) is 29.0 Å². The number of nitrogens with one attached hydrogen (secondary N) is 1. The molecule has 0 radical (unpaired) electrons. The molecule has 18 heteroatoms. The smallest absolute Gasteiger partial charge is 0.394 e. The third-order valence-electron chi connectivity index (χ3n) is 7.86. The molecular formula is C26H34N4O13S. The molecule has 0 bridgehead atoms. The second-order valence-electron chi connectivity index (χ2n) is 11.2. The highest BCUT2D eigenvalue weighted by Gasteiger charge is 2.68. The van der Waals surface area contributed by atoms with Crippen LogP contribution in [0.25, 0.3) is 5.76 Å². The number of anilines is 1. The largest absolute Gasteiger partial charge is 0.508 e. The number of aromatic hydroxyl groups is 1. The van der Waals surface area contributed by atoms with Crippen LogP contribution in [-0.4, -0.2) is 129 Å². The molecule has 6 atom stereocenters. The summed E-state index contributed by atoms with van der Waals surface area (Å²) < 4.78 is 31.6. The number of aliphatic hydroxyl groups excluding tert-OH is 3. The van der Waals surface area contributed by atoms with Crippen LogP contribution in [0.1, 0.15) is 24.0 Å². The number of carbonyl (C=O) groups is 4. The predicted molar refractivity (Wildman–Crippen MR) is 152 cm³/mol. The fourth-order valence-electron chi connectivity index (χ4n) is 6.19.